The summed E-state index contributed by atoms with van der Waals surface area (Å²) in [6, 6.07) is 2.88. The minimum Gasteiger partial charge on any atom is -0.305 e. The lowest BCUT2D eigenvalue weighted by Crippen LogP contribution is -2.35. The van der Waals surface area contributed by atoms with Gasteiger partial charge in [0, 0.05) is 12.4 Å². The van der Waals surface area contributed by atoms with E-state index in [1.54, 1.807) is 0 Å². The van der Waals surface area contributed by atoms with Crippen molar-refractivity contribution in [2.75, 3.05) is 17.3 Å². The first kappa shape index (κ1) is 11.3. The fraction of sp³-hybridized carbons (Fsp3) is 0.300. The van der Waals surface area contributed by atoms with Crippen LogP contribution in [0.3, 0.4) is 0 Å². The lowest BCUT2D eigenvalue weighted by Gasteiger charge is -2.15. The summed E-state index contributed by atoms with van der Waals surface area (Å²) >= 11 is 5.42. The van der Waals surface area contributed by atoms with Gasteiger partial charge in [-0.15, -0.1) is 11.6 Å². The van der Waals surface area contributed by atoms with Gasteiger partial charge in [-0.05, 0) is 18.2 Å². The fourth-order valence-electron chi connectivity index (χ4n) is 1.70. The van der Waals surface area contributed by atoms with Crippen molar-refractivity contribution in [3.05, 3.63) is 29.6 Å². The molecule has 1 aromatic carbocycles. The normalized spacial score (nSPS) is 17.8. The average molecular weight is 250 g/mol. The molecule has 0 fully saturated rings. The van der Waals surface area contributed by atoms with E-state index in [1.807, 2.05) is 0 Å². The zero-order valence-corrected chi connectivity index (χ0v) is 8.77. The Hall–Kier alpha value is -1.23. The van der Waals surface area contributed by atoms with Gasteiger partial charge >= 0.3 is 11.8 Å². The number of carbonyl (C=O) groups is 1. The number of benzene rings is 1. The summed E-state index contributed by atoms with van der Waals surface area (Å²) in [6.07, 6.45) is 0. The predicted molar refractivity (Wildman–Crippen MR) is 53.4 cm³/mol. The average Bonchev–Trinajstić information content (AvgIpc) is 2.41. The highest BCUT2D eigenvalue weighted by atomic mass is 35.5. The van der Waals surface area contributed by atoms with E-state index in [1.165, 1.54) is 0 Å². The highest BCUT2D eigenvalue weighted by molar-refractivity contribution is 6.18. The molecule has 2 rings (SSSR count). The Morgan fingerprint density at radius 2 is 2.06 bits per heavy atom. The molecule has 1 heterocycles. The van der Waals surface area contributed by atoms with Gasteiger partial charge in [-0.25, -0.2) is 4.39 Å². The Kier molecular flexibility index (Phi) is 2.58. The maximum atomic E-state index is 13.5. The van der Waals surface area contributed by atoms with Gasteiger partial charge < -0.3 is 4.90 Å². The highest BCUT2D eigenvalue weighted by Gasteiger charge is 2.52. The van der Waals surface area contributed by atoms with Crippen LogP contribution < -0.4 is 4.90 Å². The number of halogens is 4. The molecule has 0 aliphatic carbocycles. The second-order valence-corrected chi connectivity index (χ2v) is 3.76. The third-order valence-corrected chi connectivity index (χ3v) is 2.58. The van der Waals surface area contributed by atoms with Crippen molar-refractivity contribution in [1.82, 2.24) is 0 Å². The molecule has 0 saturated heterocycles. The van der Waals surface area contributed by atoms with Crippen LogP contribution in [0.2, 0.25) is 0 Å². The Labute approximate surface area is 94.6 Å². The Bertz CT molecular complexity index is 450. The Balaban J connectivity index is 2.55. The molecule has 2 nitrogen and oxygen atoms in total. The topological polar surface area (TPSA) is 20.3 Å². The zero-order valence-electron chi connectivity index (χ0n) is 8.01. The van der Waals surface area contributed by atoms with Gasteiger partial charge in [0.25, 0.3) is 0 Å². The van der Waals surface area contributed by atoms with Crippen molar-refractivity contribution in [3.63, 3.8) is 0 Å². The van der Waals surface area contributed by atoms with E-state index >= 15 is 0 Å². The number of carbonyl (C=O) groups excluding carboxylic acids is 1. The van der Waals surface area contributed by atoms with Crippen LogP contribution in [0.15, 0.2) is 18.2 Å². The molecule has 0 saturated carbocycles. The minimum absolute atomic E-state index is 0.0192. The van der Waals surface area contributed by atoms with Gasteiger partial charge in [-0.2, -0.15) is 8.78 Å². The van der Waals surface area contributed by atoms with Gasteiger partial charge in [-0.1, -0.05) is 0 Å². The van der Waals surface area contributed by atoms with Gasteiger partial charge in [0.05, 0.1) is 11.3 Å². The number of rotatable bonds is 2. The molecule has 1 amide bonds. The molecular formula is C10H7ClF3NO. The van der Waals surface area contributed by atoms with Crippen molar-refractivity contribution in [3.8, 4) is 0 Å². The number of alkyl halides is 3. The van der Waals surface area contributed by atoms with E-state index in [0.29, 0.717) is 6.07 Å². The zero-order chi connectivity index (χ0) is 11.9. The van der Waals surface area contributed by atoms with Crippen LogP contribution in [-0.4, -0.2) is 18.3 Å². The molecule has 0 bridgehead atoms. The monoisotopic (exact) mass is 249 g/mol. The molecule has 16 heavy (non-hydrogen) atoms. The Morgan fingerprint density at radius 3 is 2.69 bits per heavy atom. The first-order valence-electron chi connectivity index (χ1n) is 4.54. The number of nitrogens with zero attached hydrogens (tertiary/aromatic N) is 1. The lowest BCUT2D eigenvalue weighted by atomic mass is 10.1. The molecule has 1 aliphatic rings. The van der Waals surface area contributed by atoms with E-state index in [0.717, 1.165) is 17.0 Å². The SMILES string of the molecule is O=C1N(CCCl)c2ccc(F)cc2C1(F)F. The number of hydrogen-bond acceptors (Lipinski definition) is 1. The second-order valence-electron chi connectivity index (χ2n) is 3.38. The van der Waals surface area contributed by atoms with E-state index in [-0.39, 0.29) is 18.1 Å². The molecule has 6 heteroatoms. The van der Waals surface area contributed by atoms with E-state index < -0.39 is 23.2 Å². The van der Waals surface area contributed by atoms with Crippen LogP contribution in [0.4, 0.5) is 18.9 Å². The van der Waals surface area contributed by atoms with Crippen LogP contribution in [0.5, 0.6) is 0 Å². The van der Waals surface area contributed by atoms with Crippen LogP contribution in [0.25, 0.3) is 0 Å². The van der Waals surface area contributed by atoms with Gasteiger partial charge in [-0.3, -0.25) is 4.79 Å². The molecule has 0 N–H and O–H groups in total. The van der Waals surface area contributed by atoms with E-state index in [4.69, 9.17) is 11.6 Å². The molecule has 0 aromatic heterocycles. The maximum absolute atomic E-state index is 13.5. The molecule has 0 atom stereocenters. The molecule has 0 unspecified atom stereocenters. The summed E-state index contributed by atoms with van der Waals surface area (Å²) in [7, 11) is 0. The number of hydrogen-bond donors (Lipinski definition) is 0. The molecule has 0 radical (unpaired) electrons. The van der Waals surface area contributed by atoms with Gasteiger partial charge in [0.15, 0.2) is 0 Å². The Morgan fingerprint density at radius 1 is 1.38 bits per heavy atom. The van der Waals surface area contributed by atoms with Crippen molar-refractivity contribution < 1.29 is 18.0 Å². The lowest BCUT2D eigenvalue weighted by molar-refractivity contribution is -0.141. The number of amides is 1. The quantitative estimate of drug-likeness (QED) is 0.738. The molecule has 1 aromatic rings. The second kappa shape index (κ2) is 3.66. The largest absolute Gasteiger partial charge is 0.352 e. The maximum Gasteiger partial charge on any atom is 0.352 e. The van der Waals surface area contributed by atoms with Crippen molar-refractivity contribution >= 4 is 23.2 Å². The summed E-state index contributed by atoms with van der Waals surface area (Å²) in [5.74, 6) is -5.77. The molecular weight excluding hydrogens is 243 g/mol. The molecule has 0 spiro atoms. The first-order valence-corrected chi connectivity index (χ1v) is 5.07. The van der Waals surface area contributed by atoms with Crippen LogP contribution in [0, 0.1) is 5.82 Å². The van der Waals surface area contributed by atoms with Crippen LogP contribution in [0.1, 0.15) is 5.56 Å². The standard InChI is InChI=1S/C10H7ClF3NO/c11-3-4-15-8-2-1-6(12)5-7(8)10(13,14)9(15)16/h1-2,5H,3-4H2. The first-order chi connectivity index (χ1) is 7.48. The number of anilines is 1. The van der Waals surface area contributed by atoms with Gasteiger partial charge in [0.2, 0.25) is 0 Å². The third-order valence-electron chi connectivity index (χ3n) is 2.41. The number of fused-ring (bicyclic) bond motifs is 1. The summed E-state index contributed by atoms with van der Waals surface area (Å²) in [5.41, 5.74) is -0.570. The summed E-state index contributed by atoms with van der Waals surface area (Å²) in [6.45, 7) is -0.0192. The third kappa shape index (κ3) is 1.46. The minimum atomic E-state index is -3.66. The molecule has 86 valence electrons. The summed E-state index contributed by atoms with van der Waals surface area (Å²) in [5, 5.41) is 0. The fourth-order valence-corrected chi connectivity index (χ4v) is 1.86. The highest BCUT2D eigenvalue weighted by Crippen LogP contribution is 2.44. The predicted octanol–water partition coefficient (Wildman–Crippen LogP) is 2.50. The van der Waals surface area contributed by atoms with E-state index in [2.05, 4.69) is 0 Å². The van der Waals surface area contributed by atoms with Crippen molar-refractivity contribution in [2.45, 2.75) is 5.92 Å². The van der Waals surface area contributed by atoms with Crippen LogP contribution in [-0.2, 0) is 10.7 Å². The summed E-state index contributed by atoms with van der Waals surface area (Å²) in [4.78, 5) is 12.3. The van der Waals surface area contributed by atoms with Crippen molar-refractivity contribution in [2.24, 2.45) is 0 Å². The smallest absolute Gasteiger partial charge is 0.305 e. The summed E-state index contributed by atoms with van der Waals surface area (Å²) < 4.78 is 39.8. The van der Waals surface area contributed by atoms with Gasteiger partial charge in [0.1, 0.15) is 5.82 Å². The van der Waals surface area contributed by atoms with E-state index in [9.17, 15) is 18.0 Å². The molecule has 1 aliphatic heterocycles. The van der Waals surface area contributed by atoms with Crippen LogP contribution >= 0.6 is 11.6 Å². The van der Waals surface area contributed by atoms with Crippen molar-refractivity contribution in [1.29, 1.82) is 0 Å².